The third-order valence-electron chi connectivity index (χ3n) is 9.93. The Hall–Kier alpha value is -6.56. The molecule has 0 unspecified atom stereocenters. The predicted molar refractivity (Wildman–Crippen MR) is 229 cm³/mol. The molecule has 0 aliphatic heterocycles. The third-order valence-corrected chi connectivity index (χ3v) is 10.4. The molecule has 9 rings (SSSR count). The van der Waals surface area contributed by atoms with E-state index < -0.39 is 0 Å². The zero-order valence-electron chi connectivity index (χ0n) is 29.6. The molecule has 2 nitrogen and oxygen atoms in total. The topological polar surface area (TPSA) is 6.48 Å². The van der Waals surface area contributed by atoms with E-state index in [1.54, 1.807) is 24.3 Å². The summed E-state index contributed by atoms with van der Waals surface area (Å²) in [7, 11) is 0. The first-order chi connectivity index (χ1) is 26.9. The molecule has 0 bridgehead atoms. The lowest BCUT2D eigenvalue weighted by Crippen LogP contribution is -2.13. The Kier molecular flexibility index (Phi) is 9.14. The summed E-state index contributed by atoms with van der Waals surface area (Å²) < 4.78 is 29.5. The first kappa shape index (κ1) is 34.2. The third kappa shape index (κ3) is 7.10. The van der Waals surface area contributed by atoms with E-state index in [9.17, 15) is 8.78 Å². The van der Waals surface area contributed by atoms with Gasteiger partial charge in [-0.05, 0) is 147 Å². The molecule has 0 atom stereocenters. The van der Waals surface area contributed by atoms with E-state index in [1.165, 1.54) is 24.3 Å². The van der Waals surface area contributed by atoms with Gasteiger partial charge < -0.3 is 9.80 Å². The van der Waals surface area contributed by atoms with Crippen LogP contribution in [0, 0.1) is 11.6 Å². The van der Waals surface area contributed by atoms with Gasteiger partial charge in [-0.2, -0.15) is 0 Å². The average Bonchev–Trinajstić information content (AvgIpc) is 3.22. The normalized spacial score (nSPS) is 11.2. The lowest BCUT2D eigenvalue weighted by Gasteiger charge is -2.30. The molecular weight excluding hydrogens is 746 g/mol. The minimum atomic E-state index is -0.305. The van der Waals surface area contributed by atoms with Crippen LogP contribution in [0.25, 0.3) is 43.8 Å². The van der Waals surface area contributed by atoms with Crippen molar-refractivity contribution in [2.24, 2.45) is 0 Å². The molecule has 0 aliphatic carbocycles. The fourth-order valence-electron chi connectivity index (χ4n) is 7.26. The van der Waals surface area contributed by atoms with Crippen molar-refractivity contribution in [3.05, 3.63) is 216 Å². The van der Waals surface area contributed by atoms with Gasteiger partial charge in [-0.15, -0.1) is 0 Å². The van der Waals surface area contributed by atoms with Crippen molar-refractivity contribution in [3.63, 3.8) is 0 Å². The average molecular weight is 780 g/mol. The van der Waals surface area contributed by atoms with Gasteiger partial charge in [0.25, 0.3) is 0 Å². The summed E-state index contributed by atoms with van der Waals surface area (Å²) in [5, 5.41) is 4.40. The molecule has 5 heteroatoms. The van der Waals surface area contributed by atoms with Crippen LogP contribution in [0.2, 0.25) is 0 Å². The summed E-state index contributed by atoms with van der Waals surface area (Å²) >= 11 is 3.83. The number of nitrogens with zero attached hydrogens (tertiary/aromatic N) is 2. The molecular formula is C50H33BrF2N2. The molecule has 0 heterocycles. The van der Waals surface area contributed by atoms with Crippen LogP contribution in [0.15, 0.2) is 205 Å². The summed E-state index contributed by atoms with van der Waals surface area (Å²) in [6.07, 6.45) is 0. The predicted octanol–water partition coefficient (Wildman–Crippen LogP) is 15.3. The van der Waals surface area contributed by atoms with E-state index >= 15 is 0 Å². The van der Waals surface area contributed by atoms with E-state index in [4.69, 9.17) is 0 Å². The molecule has 0 amide bonds. The van der Waals surface area contributed by atoms with E-state index in [-0.39, 0.29) is 11.6 Å². The summed E-state index contributed by atoms with van der Waals surface area (Å²) in [5.41, 5.74) is 9.80. The quantitative estimate of drug-likeness (QED) is 0.152. The molecule has 0 radical (unpaired) electrons. The van der Waals surface area contributed by atoms with Crippen molar-refractivity contribution in [1.29, 1.82) is 0 Å². The van der Waals surface area contributed by atoms with Crippen molar-refractivity contribution < 1.29 is 8.78 Å². The van der Waals surface area contributed by atoms with Gasteiger partial charge in [0.15, 0.2) is 0 Å². The van der Waals surface area contributed by atoms with Crippen LogP contribution in [-0.4, -0.2) is 0 Å². The molecule has 9 aromatic carbocycles. The SMILES string of the molecule is Fc1ccc(N(c2cc(Br)cc(N(c3ccc(F)cc3)c3ccc4cc(-c5ccccc5)ccc4c3)c2)c2ccc3cc(-c4ccccc4)ccc3c2)cc1. The van der Waals surface area contributed by atoms with Gasteiger partial charge in [0.05, 0.1) is 0 Å². The zero-order chi connectivity index (χ0) is 37.3. The van der Waals surface area contributed by atoms with Gasteiger partial charge in [0.2, 0.25) is 0 Å². The highest BCUT2D eigenvalue weighted by atomic mass is 79.9. The van der Waals surface area contributed by atoms with E-state index in [2.05, 4.69) is 141 Å². The number of benzene rings is 9. The van der Waals surface area contributed by atoms with Gasteiger partial charge in [-0.3, -0.25) is 0 Å². The Balaban J connectivity index is 1.17. The van der Waals surface area contributed by atoms with Crippen LogP contribution in [0.3, 0.4) is 0 Å². The van der Waals surface area contributed by atoms with Crippen LogP contribution < -0.4 is 9.80 Å². The van der Waals surface area contributed by atoms with Gasteiger partial charge in [0, 0.05) is 38.6 Å². The Bertz CT molecular complexity index is 2600. The standard InChI is InChI=1S/C50H33BrF2N2/c51-42-31-49(54(45-23-17-43(52)18-24-45)47-21-15-38-27-36(11-13-40(38)29-47)34-7-3-1-4-8-34)33-50(32-42)55(46-25-19-44(53)20-26-46)48-22-16-39-28-37(12-14-41(39)30-48)35-9-5-2-6-10-35/h1-33H. The number of halogens is 3. The van der Waals surface area contributed by atoms with Crippen molar-refractivity contribution in [2.45, 2.75) is 0 Å². The van der Waals surface area contributed by atoms with Crippen molar-refractivity contribution in [3.8, 4) is 22.3 Å². The van der Waals surface area contributed by atoms with E-state index in [1.807, 2.05) is 36.4 Å². The molecule has 9 aromatic rings. The van der Waals surface area contributed by atoms with E-state index in [0.717, 1.165) is 82.4 Å². The van der Waals surface area contributed by atoms with Crippen LogP contribution in [-0.2, 0) is 0 Å². The van der Waals surface area contributed by atoms with E-state index in [0.29, 0.717) is 0 Å². The second-order valence-electron chi connectivity index (χ2n) is 13.5. The van der Waals surface area contributed by atoms with Crippen LogP contribution in [0.4, 0.5) is 42.9 Å². The number of hydrogen-bond acceptors (Lipinski definition) is 2. The molecule has 55 heavy (non-hydrogen) atoms. The van der Waals surface area contributed by atoms with Gasteiger partial charge >= 0.3 is 0 Å². The molecule has 0 saturated carbocycles. The van der Waals surface area contributed by atoms with Gasteiger partial charge in [0.1, 0.15) is 11.6 Å². The smallest absolute Gasteiger partial charge is 0.123 e. The maximum absolute atomic E-state index is 14.3. The minimum absolute atomic E-state index is 0.305. The fourth-order valence-corrected chi connectivity index (χ4v) is 7.73. The lowest BCUT2D eigenvalue weighted by molar-refractivity contribution is 0.627. The highest BCUT2D eigenvalue weighted by Crippen LogP contribution is 2.44. The van der Waals surface area contributed by atoms with Crippen molar-refractivity contribution >= 4 is 71.6 Å². The Morgan fingerprint density at radius 1 is 0.291 bits per heavy atom. The fraction of sp³-hybridized carbons (Fsp3) is 0. The first-order valence-corrected chi connectivity index (χ1v) is 18.8. The van der Waals surface area contributed by atoms with Crippen LogP contribution in [0.5, 0.6) is 0 Å². The zero-order valence-corrected chi connectivity index (χ0v) is 31.2. The Morgan fingerprint density at radius 2 is 0.655 bits per heavy atom. The highest BCUT2D eigenvalue weighted by molar-refractivity contribution is 9.10. The minimum Gasteiger partial charge on any atom is -0.310 e. The monoisotopic (exact) mass is 778 g/mol. The van der Waals surface area contributed by atoms with Gasteiger partial charge in [-0.25, -0.2) is 8.78 Å². The van der Waals surface area contributed by atoms with Crippen molar-refractivity contribution in [1.82, 2.24) is 0 Å². The molecule has 0 spiro atoms. The second kappa shape index (κ2) is 14.7. The molecule has 0 aliphatic rings. The maximum Gasteiger partial charge on any atom is 0.123 e. The summed E-state index contributed by atoms with van der Waals surface area (Å²) in [4.78, 5) is 4.26. The Morgan fingerprint density at radius 3 is 1.07 bits per heavy atom. The molecule has 0 N–H and O–H groups in total. The van der Waals surface area contributed by atoms with Crippen LogP contribution >= 0.6 is 15.9 Å². The highest BCUT2D eigenvalue weighted by Gasteiger charge is 2.20. The molecule has 0 fully saturated rings. The first-order valence-electron chi connectivity index (χ1n) is 18.1. The van der Waals surface area contributed by atoms with Gasteiger partial charge in [-0.1, -0.05) is 113 Å². The molecule has 0 aromatic heterocycles. The number of rotatable bonds is 8. The largest absolute Gasteiger partial charge is 0.310 e. The summed E-state index contributed by atoms with van der Waals surface area (Å²) in [5.74, 6) is -0.611. The summed E-state index contributed by atoms with van der Waals surface area (Å²) in [6.45, 7) is 0. The van der Waals surface area contributed by atoms with Crippen molar-refractivity contribution in [2.75, 3.05) is 9.80 Å². The Labute approximate surface area is 327 Å². The maximum atomic E-state index is 14.3. The summed E-state index contributed by atoms with van der Waals surface area (Å²) in [6, 6.07) is 65.9. The number of fused-ring (bicyclic) bond motifs is 2. The number of hydrogen-bond donors (Lipinski definition) is 0. The molecule has 0 saturated heterocycles. The number of anilines is 6. The van der Waals surface area contributed by atoms with Crippen LogP contribution in [0.1, 0.15) is 0 Å². The second-order valence-corrected chi connectivity index (χ2v) is 14.4. The lowest BCUT2D eigenvalue weighted by atomic mass is 10.0. The molecule has 264 valence electrons.